The molecule has 1 unspecified atom stereocenters. The predicted molar refractivity (Wildman–Crippen MR) is 82.3 cm³/mol. The summed E-state index contributed by atoms with van der Waals surface area (Å²) in [5, 5.41) is 9.94. The van der Waals surface area contributed by atoms with Crippen molar-refractivity contribution in [3.05, 3.63) is 72.8 Å². The summed E-state index contributed by atoms with van der Waals surface area (Å²) in [7, 11) is 2.01. The highest BCUT2D eigenvalue weighted by Crippen LogP contribution is 2.32. The van der Waals surface area contributed by atoms with Gasteiger partial charge in [0.15, 0.2) is 0 Å². The van der Waals surface area contributed by atoms with E-state index in [2.05, 4.69) is 23.0 Å². The van der Waals surface area contributed by atoms with E-state index < -0.39 is 6.10 Å². The Bertz CT molecular complexity index is 541. The number of nitrogens with zero attached hydrogens (tertiary/aromatic N) is 1. The minimum absolute atomic E-state index is 0.632. The summed E-state index contributed by atoms with van der Waals surface area (Å²) in [5.41, 5.74) is 2.00. The Labute approximate surface area is 118 Å². The second-order valence-corrected chi connectivity index (χ2v) is 5.31. The third-order valence-corrected chi connectivity index (χ3v) is 3.87. The van der Waals surface area contributed by atoms with E-state index in [1.807, 2.05) is 49.5 Å². The van der Waals surface area contributed by atoms with Crippen LogP contribution in [0.1, 0.15) is 11.7 Å². The molecule has 1 N–H and O–H groups in total. The predicted octanol–water partition coefficient (Wildman–Crippen LogP) is 4.05. The van der Waals surface area contributed by atoms with Gasteiger partial charge in [-0.05, 0) is 35.7 Å². The highest BCUT2D eigenvalue weighted by Gasteiger charge is 2.11. The van der Waals surface area contributed by atoms with E-state index in [0.717, 1.165) is 16.1 Å². The number of hydrogen-bond acceptors (Lipinski definition) is 3. The lowest BCUT2D eigenvalue weighted by molar-refractivity contribution is 0.226. The van der Waals surface area contributed by atoms with Crippen molar-refractivity contribution in [2.45, 2.75) is 11.0 Å². The van der Waals surface area contributed by atoms with Crippen molar-refractivity contribution < 1.29 is 5.11 Å². The van der Waals surface area contributed by atoms with Crippen molar-refractivity contribution in [3.8, 4) is 0 Å². The lowest BCUT2D eigenvalue weighted by Gasteiger charge is -2.20. The zero-order valence-electron chi connectivity index (χ0n) is 10.9. The van der Waals surface area contributed by atoms with Gasteiger partial charge in [0.1, 0.15) is 0 Å². The lowest BCUT2D eigenvalue weighted by Crippen LogP contribution is -2.07. The Hall–Kier alpha value is -1.71. The van der Waals surface area contributed by atoms with E-state index in [1.165, 1.54) is 0 Å². The van der Waals surface area contributed by atoms with E-state index >= 15 is 0 Å². The lowest BCUT2D eigenvalue weighted by atomic mass is 10.1. The van der Waals surface area contributed by atoms with Crippen LogP contribution in [0.5, 0.6) is 0 Å². The molecule has 2 aromatic carbocycles. The molecular weight excluding hydrogens is 254 g/mol. The molecule has 0 aromatic heterocycles. The number of aliphatic hydroxyl groups is 1. The Kier molecular flexibility index (Phi) is 4.66. The fraction of sp³-hybridized carbons (Fsp3) is 0.125. The van der Waals surface area contributed by atoms with Gasteiger partial charge in [-0.25, -0.2) is 0 Å². The van der Waals surface area contributed by atoms with Crippen LogP contribution in [0.25, 0.3) is 0 Å². The van der Waals surface area contributed by atoms with E-state index in [4.69, 9.17) is 0 Å². The minimum Gasteiger partial charge on any atom is -0.384 e. The molecule has 98 valence electrons. The second-order valence-electron chi connectivity index (χ2n) is 4.14. The summed E-state index contributed by atoms with van der Waals surface area (Å²) < 4.78 is 2.08. The van der Waals surface area contributed by atoms with Crippen molar-refractivity contribution in [2.24, 2.45) is 0 Å². The van der Waals surface area contributed by atoms with Crippen molar-refractivity contribution in [1.82, 2.24) is 0 Å². The molecule has 3 heteroatoms. The quantitative estimate of drug-likeness (QED) is 0.655. The molecule has 0 saturated heterocycles. The molecule has 1 atom stereocenters. The van der Waals surface area contributed by atoms with Gasteiger partial charge in [0.25, 0.3) is 0 Å². The van der Waals surface area contributed by atoms with Crippen molar-refractivity contribution >= 4 is 17.6 Å². The molecule has 0 saturated carbocycles. The Morgan fingerprint density at radius 3 is 2.42 bits per heavy atom. The molecule has 2 aromatic rings. The molecule has 0 radical (unpaired) electrons. The van der Waals surface area contributed by atoms with Crippen LogP contribution in [-0.4, -0.2) is 12.2 Å². The standard InChI is InChI=1S/C16H17NOS/c1-3-15(18)14-11-7-8-12-16(14)19-17(2)13-9-5-4-6-10-13/h3-12,15,18H,1H2,2H3. The van der Waals surface area contributed by atoms with Crippen LogP contribution >= 0.6 is 11.9 Å². The highest BCUT2D eigenvalue weighted by atomic mass is 32.2. The summed E-state index contributed by atoms with van der Waals surface area (Å²) in [6.07, 6.45) is 0.912. The van der Waals surface area contributed by atoms with Crippen LogP contribution in [0.3, 0.4) is 0 Å². The van der Waals surface area contributed by atoms with Crippen LogP contribution in [0.15, 0.2) is 72.1 Å². The van der Waals surface area contributed by atoms with Crippen LogP contribution < -0.4 is 4.31 Å². The monoisotopic (exact) mass is 271 g/mol. The fourth-order valence-corrected chi connectivity index (χ4v) is 2.73. The summed E-state index contributed by atoms with van der Waals surface area (Å²) in [5.74, 6) is 0. The SMILES string of the molecule is C=CC(O)c1ccccc1SN(C)c1ccccc1. The summed E-state index contributed by atoms with van der Waals surface area (Å²) >= 11 is 1.59. The van der Waals surface area contributed by atoms with Crippen molar-refractivity contribution in [1.29, 1.82) is 0 Å². The van der Waals surface area contributed by atoms with Gasteiger partial charge >= 0.3 is 0 Å². The maximum Gasteiger partial charge on any atom is 0.0980 e. The number of para-hydroxylation sites is 1. The number of benzene rings is 2. The maximum absolute atomic E-state index is 9.94. The van der Waals surface area contributed by atoms with E-state index in [1.54, 1.807) is 18.0 Å². The second kappa shape index (κ2) is 6.45. The Morgan fingerprint density at radius 2 is 1.74 bits per heavy atom. The van der Waals surface area contributed by atoms with Gasteiger partial charge in [0.2, 0.25) is 0 Å². The third-order valence-electron chi connectivity index (χ3n) is 2.82. The van der Waals surface area contributed by atoms with Gasteiger partial charge in [-0.2, -0.15) is 0 Å². The van der Waals surface area contributed by atoms with Crippen LogP contribution in [0.2, 0.25) is 0 Å². The zero-order valence-corrected chi connectivity index (χ0v) is 11.7. The normalized spacial score (nSPS) is 11.9. The number of rotatable bonds is 5. The van der Waals surface area contributed by atoms with Gasteiger partial charge in [-0.15, -0.1) is 6.58 Å². The molecule has 0 bridgehead atoms. The Balaban J connectivity index is 2.22. The smallest absolute Gasteiger partial charge is 0.0980 e. The van der Waals surface area contributed by atoms with Crippen molar-refractivity contribution in [3.63, 3.8) is 0 Å². The molecule has 19 heavy (non-hydrogen) atoms. The van der Waals surface area contributed by atoms with E-state index in [-0.39, 0.29) is 0 Å². The molecule has 0 aliphatic rings. The number of anilines is 1. The average Bonchev–Trinajstić information content (AvgIpc) is 2.48. The van der Waals surface area contributed by atoms with Crippen LogP contribution in [0.4, 0.5) is 5.69 Å². The van der Waals surface area contributed by atoms with Gasteiger partial charge in [0.05, 0.1) is 6.10 Å². The van der Waals surface area contributed by atoms with Crippen LogP contribution in [0, 0.1) is 0 Å². The summed E-state index contributed by atoms with van der Waals surface area (Å²) in [6, 6.07) is 18.0. The summed E-state index contributed by atoms with van der Waals surface area (Å²) in [6.45, 7) is 3.64. The fourth-order valence-electron chi connectivity index (χ4n) is 1.77. The Morgan fingerprint density at radius 1 is 1.11 bits per heavy atom. The molecule has 0 fully saturated rings. The molecule has 0 amide bonds. The molecule has 0 heterocycles. The van der Waals surface area contributed by atoms with Gasteiger partial charge in [-0.1, -0.05) is 42.5 Å². The molecule has 2 nitrogen and oxygen atoms in total. The minimum atomic E-state index is -0.632. The molecule has 0 spiro atoms. The van der Waals surface area contributed by atoms with Crippen LogP contribution in [-0.2, 0) is 0 Å². The molecular formula is C16H17NOS. The first-order chi connectivity index (χ1) is 9.22. The van der Waals surface area contributed by atoms with E-state index in [9.17, 15) is 5.11 Å². The number of hydrogen-bond donors (Lipinski definition) is 1. The first-order valence-corrected chi connectivity index (χ1v) is 6.86. The molecule has 0 aliphatic carbocycles. The van der Waals surface area contributed by atoms with Gasteiger partial charge in [0, 0.05) is 17.6 Å². The molecule has 0 aliphatic heterocycles. The maximum atomic E-state index is 9.94. The first-order valence-electron chi connectivity index (χ1n) is 6.08. The topological polar surface area (TPSA) is 23.5 Å². The highest BCUT2D eigenvalue weighted by molar-refractivity contribution is 8.00. The largest absolute Gasteiger partial charge is 0.384 e. The van der Waals surface area contributed by atoms with Crippen molar-refractivity contribution in [2.75, 3.05) is 11.4 Å². The first kappa shape index (κ1) is 13.7. The van der Waals surface area contributed by atoms with E-state index in [0.29, 0.717) is 0 Å². The van der Waals surface area contributed by atoms with Gasteiger partial charge in [-0.3, -0.25) is 0 Å². The third kappa shape index (κ3) is 3.40. The van der Waals surface area contributed by atoms with Gasteiger partial charge < -0.3 is 9.41 Å². The zero-order chi connectivity index (χ0) is 13.7. The number of aliphatic hydroxyl groups excluding tert-OH is 1. The summed E-state index contributed by atoms with van der Waals surface area (Å²) in [4.78, 5) is 1.03. The molecule has 2 rings (SSSR count). The average molecular weight is 271 g/mol.